The number of hydrogen-bond acceptors (Lipinski definition) is 4. The second kappa shape index (κ2) is 4.72. The van der Waals surface area contributed by atoms with Gasteiger partial charge in [0.15, 0.2) is 11.5 Å². The minimum absolute atomic E-state index is 0.290. The van der Waals surface area contributed by atoms with Gasteiger partial charge >= 0.3 is 0 Å². The predicted octanol–water partition coefficient (Wildman–Crippen LogP) is 2.18. The standard InChI is InChI=1S/C13H16BrNO3/c14-10-5-12-11(17-8-18-12)4-9(10)6-15-7-13(16)2-1-3-13/h4-5,15-16H,1-3,6-8H2. The Balaban J connectivity index is 1.62. The molecular weight excluding hydrogens is 298 g/mol. The summed E-state index contributed by atoms with van der Waals surface area (Å²) in [6.07, 6.45) is 2.94. The quantitative estimate of drug-likeness (QED) is 0.894. The molecule has 1 aliphatic carbocycles. The third-order valence-electron chi connectivity index (χ3n) is 3.60. The van der Waals surface area contributed by atoms with E-state index in [1.54, 1.807) is 0 Å². The van der Waals surface area contributed by atoms with E-state index in [2.05, 4.69) is 21.2 Å². The molecule has 98 valence electrons. The number of aliphatic hydroxyl groups is 1. The van der Waals surface area contributed by atoms with E-state index in [1.165, 1.54) is 0 Å². The number of halogens is 1. The molecule has 3 rings (SSSR count). The number of fused-ring (bicyclic) bond motifs is 1. The highest BCUT2D eigenvalue weighted by Crippen LogP contribution is 2.37. The van der Waals surface area contributed by atoms with Crippen LogP contribution in [0.15, 0.2) is 16.6 Å². The van der Waals surface area contributed by atoms with Crippen LogP contribution in [0.25, 0.3) is 0 Å². The molecule has 1 aromatic rings. The molecule has 0 radical (unpaired) electrons. The van der Waals surface area contributed by atoms with Gasteiger partial charge in [0.25, 0.3) is 0 Å². The van der Waals surface area contributed by atoms with Crippen molar-refractivity contribution in [1.82, 2.24) is 5.32 Å². The summed E-state index contributed by atoms with van der Waals surface area (Å²) in [5, 5.41) is 13.3. The Kier molecular flexibility index (Phi) is 3.21. The van der Waals surface area contributed by atoms with E-state index in [0.29, 0.717) is 19.9 Å². The lowest BCUT2D eigenvalue weighted by Crippen LogP contribution is -2.46. The molecule has 4 nitrogen and oxygen atoms in total. The first kappa shape index (κ1) is 12.3. The molecule has 0 saturated heterocycles. The second-order valence-corrected chi connectivity index (χ2v) is 5.83. The van der Waals surface area contributed by atoms with Crippen molar-refractivity contribution in [2.75, 3.05) is 13.3 Å². The Bertz CT molecular complexity index is 460. The van der Waals surface area contributed by atoms with Crippen LogP contribution in [0.5, 0.6) is 11.5 Å². The van der Waals surface area contributed by atoms with Gasteiger partial charge in [-0.3, -0.25) is 0 Å². The average molecular weight is 314 g/mol. The van der Waals surface area contributed by atoms with Crippen molar-refractivity contribution < 1.29 is 14.6 Å². The lowest BCUT2D eigenvalue weighted by Gasteiger charge is -2.36. The molecule has 0 spiro atoms. The molecule has 1 fully saturated rings. The van der Waals surface area contributed by atoms with Gasteiger partial charge in [0.1, 0.15) is 0 Å². The Labute approximate surface area is 114 Å². The third-order valence-corrected chi connectivity index (χ3v) is 4.33. The molecule has 1 aliphatic heterocycles. The normalized spacial score (nSPS) is 19.7. The summed E-state index contributed by atoms with van der Waals surface area (Å²) in [6.45, 7) is 1.64. The smallest absolute Gasteiger partial charge is 0.231 e. The Hall–Kier alpha value is -0.780. The first-order valence-corrected chi connectivity index (χ1v) is 6.97. The van der Waals surface area contributed by atoms with Gasteiger partial charge in [0, 0.05) is 17.6 Å². The first-order chi connectivity index (χ1) is 8.66. The van der Waals surface area contributed by atoms with E-state index in [0.717, 1.165) is 40.8 Å². The van der Waals surface area contributed by atoms with Gasteiger partial charge in [-0.2, -0.15) is 0 Å². The SMILES string of the molecule is OC1(CNCc2cc3c(cc2Br)OCO3)CCC1. The zero-order valence-corrected chi connectivity index (χ0v) is 11.6. The Morgan fingerprint density at radius 1 is 1.28 bits per heavy atom. The molecule has 0 aromatic heterocycles. The topological polar surface area (TPSA) is 50.7 Å². The summed E-state index contributed by atoms with van der Waals surface area (Å²) in [6, 6.07) is 3.90. The maximum absolute atomic E-state index is 9.99. The lowest BCUT2D eigenvalue weighted by molar-refractivity contribution is -0.0314. The fourth-order valence-corrected chi connectivity index (χ4v) is 2.75. The fourth-order valence-electron chi connectivity index (χ4n) is 2.29. The van der Waals surface area contributed by atoms with Crippen molar-refractivity contribution in [3.05, 3.63) is 22.2 Å². The van der Waals surface area contributed by atoms with Gasteiger partial charge < -0.3 is 19.9 Å². The monoisotopic (exact) mass is 313 g/mol. The van der Waals surface area contributed by atoms with Crippen molar-refractivity contribution in [3.63, 3.8) is 0 Å². The average Bonchev–Trinajstić information content (AvgIpc) is 2.74. The molecular formula is C13H16BrNO3. The van der Waals surface area contributed by atoms with Gasteiger partial charge in [-0.25, -0.2) is 0 Å². The van der Waals surface area contributed by atoms with Crippen molar-refractivity contribution in [1.29, 1.82) is 0 Å². The molecule has 0 amide bonds. The van der Waals surface area contributed by atoms with Gasteiger partial charge in [-0.1, -0.05) is 15.9 Å². The summed E-state index contributed by atoms with van der Waals surface area (Å²) in [5.41, 5.74) is 0.630. The largest absolute Gasteiger partial charge is 0.454 e. The van der Waals surface area contributed by atoms with E-state index >= 15 is 0 Å². The maximum atomic E-state index is 9.99. The number of benzene rings is 1. The van der Waals surface area contributed by atoms with Gasteiger partial charge in [0.2, 0.25) is 6.79 Å². The summed E-state index contributed by atoms with van der Waals surface area (Å²) in [4.78, 5) is 0. The molecule has 0 bridgehead atoms. The van der Waals surface area contributed by atoms with E-state index in [9.17, 15) is 5.11 Å². The van der Waals surface area contributed by atoms with Crippen LogP contribution in [-0.4, -0.2) is 24.0 Å². The minimum Gasteiger partial charge on any atom is -0.454 e. The van der Waals surface area contributed by atoms with Crippen molar-refractivity contribution in [2.24, 2.45) is 0 Å². The summed E-state index contributed by atoms with van der Waals surface area (Å²) in [7, 11) is 0. The van der Waals surface area contributed by atoms with Crippen LogP contribution in [0.3, 0.4) is 0 Å². The maximum Gasteiger partial charge on any atom is 0.231 e. The van der Waals surface area contributed by atoms with Crippen LogP contribution in [0.1, 0.15) is 24.8 Å². The molecule has 2 N–H and O–H groups in total. The first-order valence-electron chi connectivity index (χ1n) is 6.17. The molecule has 2 aliphatic rings. The lowest BCUT2D eigenvalue weighted by atomic mass is 9.80. The molecule has 1 saturated carbocycles. The van der Waals surface area contributed by atoms with Crippen LogP contribution < -0.4 is 14.8 Å². The molecule has 18 heavy (non-hydrogen) atoms. The third kappa shape index (κ3) is 2.35. The molecule has 0 atom stereocenters. The highest BCUT2D eigenvalue weighted by atomic mass is 79.9. The van der Waals surface area contributed by atoms with Crippen molar-refractivity contribution in [2.45, 2.75) is 31.4 Å². The summed E-state index contributed by atoms with van der Waals surface area (Å²) < 4.78 is 11.7. The Morgan fingerprint density at radius 2 is 2.00 bits per heavy atom. The molecule has 1 heterocycles. The van der Waals surface area contributed by atoms with Crippen LogP contribution in [0, 0.1) is 0 Å². The van der Waals surface area contributed by atoms with Crippen molar-refractivity contribution >= 4 is 15.9 Å². The van der Waals surface area contributed by atoms with E-state index < -0.39 is 5.60 Å². The van der Waals surface area contributed by atoms with Crippen LogP contribution in [0.2, 0.25) is 0 Å². The molecule has 0 unspecified atom stereocenters. The fraction of sp³-hybridized carbons (Fsp3) is 0.538. The highest BCUT2D eigenvalue weighted by Gasteiger charge is 2.33. The van der Waals surface area contributed by atoms with E-state index in [4.69, 9.17) is 9.47 Å². The van der Waals surface area contributed by atoms with Gasteiger partial charge in [-0.05, 0) is 37.0 Å². The van der Waals surface area contributed by atoms with Gasteiger partial charge in [0.05, 0.1) is 5.60 Å². The predicted molar refractivity (Wildman–Crippen MR) is 70.8 cm³/mol. The summed E-state index contributed by atoms with van der Waals surface area (Å²) >= 11 is 3.52. The Morgan fingerprint density at radius 3 is 2.67 bits per heavy atom. The number of rotatable bonds is 4. The minimum atomic E-state index is -0.483. The zero-order chi connectivity index (χ0) is 12.6. The van der Waals surface area contributed by atoms with Crippen molar-refractivity contribution in [3.8, 4) is 11.5 Å². The van der Waals surface area contributed by atoms with Crippen LogP contribution in [-0.2, 0) is 6.54 Å². The van der Waals surface area contributed by atoms with Crippen LogP contribution in [0.4, 0.5) is 0 Å². The molecule has 1 aromatic carbocycles. The highest BCUT2D eigenvalue weighted by molar-refractivity contribution is 9.10. The number of ether oxygens (including phenoxy) is 2. The van der Waals surface area contributed by atoms with E-state index in [-0.39, 0.29) is 0 Å². The van der Waals surface area contributed by atoms with E-state index in [1.807, 2.05) is 12.1 Å². The van der Waals surface area contributed by atoms with Crippen LogP contribution >= 0.6 is 15.9 Å². The summed E-state index contributed by atoms with van der Waals surface area (Å²) in [5.74, 6) is 1.57. The zero-order valence-electron chi connectivity index (χ0n) is 10.0. The second-order valence-electron chi connectivity index (χ2n) is 4.98. The molecule has 5 heteroatoms. The van der Waals surface area contributed by atoms with Gasteiger partial charge in [-0.15, -0.1) is 0 Å². The number of nitrogens with one attached hydrogen (secondary N) is 1. The number of hydrogen-bond donors (Lipinski definition) is 2.